The van der Waals surface area contributed by atoms with Crippen molar-refractivity contribution in [2.24, 2.45) is 11.8 Å². The molecule has 12 rings (SSSR count). The van der Waals surface area contributed by atoms with Crippen molar-refractivity contribution in [3.05, 3.63) is 251 Å². The molecule has 0 bridgehead atoms. The van der Waals surface area contributed by atoms with Gasteiger partial charge in [-0.25, -0.2) is 17.6 Å². The van der Waals surface area contributed by atoms with E-state index >= 15 is 17.6 Å². The number of hydrogen-bond acceptors (Lipinski definition) is 10. The third kappa shape index (κ3) is 17.6. The van der Waals surface area contributed by atoms with Crippen LogP contribution in [0.5, 0.6) is 11.5 Å². The molecule has 0 N–H and O–H groups in total. The number of ketones is 2. The van der Waals surface area contributed by atoms with Gasteiger partial charge in [-0.1, -0.05) is 211 Å². The zero-order valence-corrected chi connectivity index (χ0v) is 63.9. The molecule has 0 spiro atoms. The fourth-order valence-corrected chi connectivity index (χ4v) is 25.2. The minimum atomic E-state index is -3.19. The van der Waals surface area contributed by atoms with E-state index < -0.39 is 76.9 Å². The SMILES string of the molecule is CC(=O)c1ccc2c(c1)C[C@@H](C)N(CC(F)(F)CO[Si](c1ccccc1)(c1ccccc1)C(C)(C)C)[C@@H]2c1ccc(OCCN2CC(CF)C2)cc1.CC(=O)c1ccc2c(c1)C[C@H](C)N(CC(F)(F)CO[Si](c1ccccc1)(c1ccccc1)C(C)(C)C)[C@H]2c1ccc(OCCN2CC(CF)C2)cc1. The lowest BCUT2D eigenvalue weighted by molar-refractivity contribution is -0.0821. The molecule has 104 heavy (non-hydrogen) atoms. The Balaban J connectivity index is 0.000000208. The largest absolute Gasteiger partial charge is 0.492 e. The molecular weight excluding hydrogens is 1360 g/mol. The predicted octanol–water partition coefficient (Wildman–Crippen LogP) is 15.4. The molecule has 2 saturated heterocycles. The molecule has 4 aliphatic rings. The van der Waals surface area contributed by atoms with Crippen molar-refractivity contribution in [1.29, 1.82) is 0 Å². The second kappa shape index (κ2) is 33.1. The smallest absolute Gasteiger partial charge is 0.282 e. The maximum Gasteiger partial charge on any atom is 0.282 e. The van der Waals surface area contributed by atoms with E-state index in [0.29, 0.717) is 48.7 Å². The van der Waals surface area contributed by atoms with Crippen LogP contribution in [0.2, 0.25) is 10.1 Å². The second-order valence-corrected chi connectivity index (χ2v) is 39.8. The Labute approximate surface area is 613 Å². The monoisotopic (exact) mass is 1460 g/mol. The number of benzene rings is 8. The van der Waals surface area contributed by atoms with Crippen LogP contribution < -0.4 is 30.2 Å². The Morgan fingerprint density at radius 2 is 0.750 bits per heavy atom. The quantitative estimate of drug-likeness (QED) is 0.0269. The summed E-state index contributed by atoms with van der Waals surface area (Å²) in [5.41, 5.74) is 6.80. The van der Waals surface area contributed by atoms with Crippen LogP contribution in [0.4, 0.5) is 26.3 Å². The van der Waals surface area contributed by atoms with Crippen LogP contribution in [-0.2, 0) is 21.7 Å². The van der Waals surface area contributed by atoms with Crippen molar-refractivity contribution in [3.8, 4) is 11.5 Å². The first-order valence-electron chi connectivity index (χ1n) is 36.7. The lowest BCUT2D eigenvalue weighted by Crippen LogP contribution is -2.67. The summed E-state index contributed by atoms with van der Waals surface area (Å²) >= 11 is 0. The molecule has 0 aromatic heterocycles. The van der Waals surface area contributed by atoms with Crippen molar-refractivity contribution in [2.45, 2.75) is 128 Å². The van der Waals surface area contributed by atoms with Gasteiger partial charge in [-0.05, 0) is 141 Å². The molecule has 0 unspecified atom stereocenters. The van der Waals surface area contributed by atoms with Crippen LogP contribution in [0, 0.1) is 11.8 Å². The Bertz CT molecular complexity index is 3780. The summed E-state index contributed by atoms with van der Waals surface area (Å²) in [7, 11) is -6.38. The van der Waals surface area contributed by atoms with E-state index in [1.54, 1.807) is 26.0 Å². The summed E-state index contributed by atoms with van der Waals surface area (Å²) in [6.07, 6.45) is 1.08. The van der Waals surface area contributed by atoms with Crippen LogP contribution >= 0.6 is 0 Å². The highest BCUT2D eigenvalue weighted by atomic mass is 28.4. The first-order valence-corrected chi connectivity index (χ1v) is 40.5. The summed E-state index contributed by atoms with van der Waals surface area (Å²) < 4.78 is 118. The van der Waals surface area contributed by atoms with Crippen LogP contribution in [-0.4, -0.2) is 164 Å². The van der Waals surface area contributed by atoms with E-state index in [2.05, 4.69) is 51.3 Å². The average molecular weight is 1460 g/mol. The number of likely N-dealkylation sites (tertiary alicyclic amines) is 2. The highest BCUT2D eigenvalue weighted by Gasteiger charge is 2.54. The number of alkyl halides is 6. The van der Waals surface area contributed by atoms with E-state index in [1.165, 1.54) is 0 Å². The van der Waals surface area contributed by atoms with Gasteiger partial charge in [-0.2, -0.15) is 0 Å². The molecule has 10 nitrogen and oxygen atoms in total. The number of nitrogens with zero attached hydrogens (tertiary/aromatic N) is 4. The van der Waals surface area contributed by atoms with Crippen molar-refractivity contribution < 1.29 is 54.3 Å². The molecule has 552 valence electrons. The van der Waals surface area contributed by atoms with Crippen molar-refractivity contribution >= 4 is 48.9 Å². The number of Topliss-reactive ketones (excluding diaryl/α,β-unsaturated/α-hetero) is 2. The molecular formula is C86H102F6N4O6Si2. The molecule has 4 heterocycles. The van der Waals surface area contributed by atoms with Crippen molar-refractivity contribution in [2.75, 3.05) is 92.1 Å². The predicted molar refractivity (Wildman–Crippen MR) is 409 cm³/mol. The lowest BCUT2D eigenvalue weighted by atomic mass is 9.83. The second-order valence-electron chi connectivity index (χ2n) is 31.2. The third-order valence-electron chi connectivity index (χ3n) is 21.4. The van der Waals surface area contributed by atoms with E-state index in [9.17, 15) is 18.4 Å². The zero-order valence-electron chi connectivity index (χ0n) is 61.9. The number of hydrogen-bond donors (Lipinski definition) is 0. The lowest BCUT2D eigenvalue weighted by Gasteiger charge is -2.46. The normalized spacial score (nSPS) is 18.8. The maximum absolute atomic E-state index is 16.7. The van der Waals surface area contributed by atoms with E-state index in [4.69, 9.17) is 18.3 Å². The van der Waals surface area contributed by atoms with E-state index in [-0.39, 0.29) is 48.8 Å². The topological polar surface area (TPSA) is 84.0 Å². The first kappa shape index (κ1) is 77.6. The van der Waals surface area contributed by atoms with Gasteiger partial charge >= 0.3 is 0 Å². The zero-order chi connectivity index (χ0) is 74.2. The average Bonchev–Trinajstić information content (AvgIpc) is 0.765. The van der Waals surface area contributed by atoms with Crippen LogP contribution in [0.25, 0.3) is 0 Å². The van der Waals surface area contributed by atoms with Gasteiger partial charge in [0.15, 0.2) is 11.6 Å². The van der Waals surface area contributed by atoms with Crippen LogP contribution in [0.15, 0.2) is 206 Å². The van der Waals surface area contributed by atoms with Gasteiger partial charge in [-0.3, -0.25) is 38.0 Å². The van der Waals surface area contributed by atoms with E-state index in [0.717, 1.165) is 93.4 Å². The van der Waals surface area contributed by atoms with Gasteiger partial charge in [0.25, 0.3) is 28.5 Å². The molecule has 0 aliphatic carbocycles. The molecule has 18 heteroatoms. The van der Waals surface area contributed by atoms with Crippen molar-refractivity contribution in [3.63, 3.8) is 0 Å². The van der Waals surface area contributed by atoms with Crippen molar-refractivity contribution in [1.82, 2.24) is 19.6 Å². The number of carbonyl (C=O) groups is 2. The Morgan fingerprint density at radius 1 is 0.442 bits per heavy atom. The molecule has 8 aromatic rings. The molecule has 0 amide bonds. The van der Waals surface area contributed by atoms with Gasteiger partial charge in [0.1, 0.15) is 24.7 Å². The maximum atomic E-state index is 16.7. The van der Waals surface area contributed by atoms with E-state index in [1.807, 2.05) is 218 Å². The molecule has 0 radical (unpaired) electrons. The summed E-state index contributed by atoms with van der Waals surface area (Å²) in [6.45, 7) is 22.0. The van der Waals surface area contributed by atoms with Gasteiger partial charge in [0, 0.05) is 74.3 Å². The summed E-state index contributed by atoms with van der Waals surface area (Å²) in [5, 5.41) is 2.96. The van der Waals surface area contributed by atoms with Gasteiger partial charge in [0.05, 0.1) is 51.7 Å². The molecule has 4 atom stereocenters. The molecule has 0 saturated carbocycles. The summed E-state index contributed by atoms with van der Waals surface area (Å²) in [6, 6.07) is 64.7. The van der Waals surface area contributed by atoms with Crippen LogP contribution in [0.3, 0.4) is 0 Å². The minimum Gasteiger partial charge on any atom is -0.492 e. The highest BCUT2D eigenvalue weighted by Crippen LogP contribution is 2.45. The minimum absolute atomic E-state index is 0.0265. The van der Waals surface area contributed by atoms with Gasteiger partial charge < -0.3 is 18.3 Å². The van der Waals surface area contributed by atoms with Crippen LogP contribution in [0.1, 0.15) is 135 Å². The first-order chi connectivity index (χ1) is 49.6. The van der Waals surface area contributed by atoms with Gasteiger partial charge in [0.2, 0.25) is 0 Å². The number of fused-ring (bicyclic) bond motifs is 2. The number of halogens is 6. The summed E-state index contributed by atoms with van der Waals surface area (Å²) in [4.78, 5) is 32.8. The Hall–Kier alpha value is -7.53. The fraction of sp³-hybridized carbons (Fsp3) is 0.419. The third-order valence-corrected chi connectivity index (χ3v) is 31.4. The van der Waals surface area contributed by atoms with Gasteiger partial charge in [-0.15, -0.1) is 0 Å². The standard InChI is InChI=1S/2C43H51F3N2O3Si/c2*1-31-24-36-25-35(32(2)49)18-21-40(36)41(34-16-19-37(20-17-34)50-23-22-47-27-33(26-44)28-47)48(31)29-43(45,46)30-51-52(42(3,4)5,38-12-8-6-9-13-38)39-14-10-7-11-15-39/h2*6-21,25,31,33,41H,22-24,26-30H2,1-5H3/t2*31-,41-/m10/s1. The Kier molecular flexibility index (Phi) is 24.7. The molecule has 4 aliphatic heterocycles. The number of rotatable bonds is 28. The molecule has 2 fully saturated rings. The Morgan fingerprint density at radius 3 is 1.03 bits per heavy atom. The fourth-order valence-electron chi connectivity index (χ4n) is 16.1. The molecule has 8 aromatic carbocycles. The number of ether oxygens (including phenoxy) is 2. The summed E-state index contributed by atoms with van der Waals surface area (Å²) in [5.74, 6) is -4.78. The highest BCUT2D eigenvalue weighted by molar-refractivity contribution is 7.00. The number of carbonyl (C=O) groups excluding carboxylic acids is 2.